The lowest BCUT2D eigenvalue weighted by Gasteiger charge is -1.93. The summed E-state index contributed by atoms with van der Waals surface area (Å²) in [6.07, 6.45) is 1.67. The molecule has 0 spiro atoms. The number of carbonyl (C=O) groups excluding carboxylic acids is 1. The first kappa shape index (κ1) is 8.52. The van der Waals surface area contributed by atoms with Gasteiger partial charge in [0.05, 0.1) is 11.6 Å². The van der Waals surface area contributed by atoms with Crippen LogP contribution in [0.5, 0.6) is 0 Å². The molecule has 0 radical (unpaired) electrons. The van der Waals surface area contributed by atoms with E-state index in [4.69, 9.17) is 5.26 Å². The highest BCUT2D eigenvalue weighted by Gasteiger charge is 2.07. The number of nitrogens with one attached hydrogen (secondary N) is 1. The number of rotatable bonds is 1. The molecule has 2 aromatic rings. The van der Waals surface area contributed by atoms with E-state index < -0.39 is 0 Å². The van der Waals surface area contributed by atoms with Gasteiger partial charge in [0.15, 0.2) is 5.78 Å². The molecule has 1 aromatic carbocycles. The molecular formula is C11H8N2O. The number of ketones is 1. The fourth-order valence-corrected chi connectivity index (χ4v) is 1.49. The fraction of sp³-hybridized carbons (Fsp3) is 0.0909. The number of nitrogens with zero attached hydrogens (tertiary/aromatic N) is 1. The summed E-state index contributed by atoms with van der Waals surface area (Å²) in [6, 6.07) is 7.29. The van der Waals surface area contributed by atoms with E-state index in [1.165, 1.54) is 6.92 Å². The van der Waals surface area contributed by atoms with Crippen LogP contribution < -0.4 is 0 Å². The van der Waals surface area contributed by atoms with E-state index in [1.807, 2.05) is 0 Å². The molecule has 0 aliphatic heterocycles. The van der Waals surface area contributed by atoms with E-state index in [0.29, 0.717) is 11.1 Å². The van der Waals surface area contributed by atoms with Gasteiger partial charge < -0.3 is 4.98 Å². The first-order chi connectivity index (χ1) is 6.72. The Hall–Kier alpha value is -2.08. The van der Waals surface area contributed by atoms with Crippen molar-refractivity contribution in [3.8, 4) is 6.07 Å². The zero-order valence-corrected chi connectivity index (χ0v) is 7.66. The van der Waals surface area contributed by atoms with Crippen LogP contribution in [0.15, 0.2) is 24.4 Å². The average Bonchev–Trinajstić information content (AvgIpc) is 2.59. The molecule has 0 unspecified atom stereocenters. The number of nitriles is 1. The third-order valence-corrected chi connectivity index (χ3v) is 2.19. The van der Waals surface area contributed by atoms with Gasteiger partial charge in [-0.3, -0.25) is 4.79 Å². The summed E-state index contributed by atoms with van der Waals surface area (Å²) in [5.41, 5.74) is 2.09. The predicted molar refractivity (Wildman–Crippen MR) is 53.0 cm³/mol. The second-order valence-corrected chi connectivity index (χ2v) is 3.13. The highest BCUT2D eigenvalue weighted by Crippen LogP contribution is 2.19. The topological polar surface area (TPSA) is 56.6 Å². The van der Waals surface area contributed by atoms with Gasteiger partial charge in [-0.2, -0.15) is 5.26 Å². The molecule has 0 bridgehead atoms. The van der Waals surface area contributed by atoms with Gasteiger partial charge in [0.2, 0.25) is 0 Å². The first-order valence-corrected chi connectivity index (χ1v) is 4.24. The minimum Gasteiger partial charge on any atom is -0.360 e. The molecule has 1 N–H and O–H groups in total. The Morgan fingerprint density at radius 2 is 2.29 bits per heavy atom. The number of benzene rings is 1. The maximum Gasteiger partial charge on any atom is 0.161 e. The Morgan fingerprint density at radius 3 is 2.93 bits per heavy atom. The second kappa shape index (κ2) is 3.00. The summed E-state index contributed by atoms with van der Waals surface area (Å²) < 4.78 is 0. The molecule has 68 valence electrons. The Balaban J connectivity index is 2.73. The average molecular weight is 184 g/mol. The minimum atomic E-state index is 0.0287. The maximum absolute atomic E-state index is 11.2. The van der Waals surface area contributed by atoms with Crippen molar-refractivity contribution in [2.24, 2.45) is 0 Å². The van der Waals surface area contributed by atoms with E-state index >= 15 is 0 Å². The molecule has 3 heteroatoms. The fourth-order valence-electron chi connectivity index (χ4n) is 1.49. The minimum absolute atomic E-state index is 0.0287. The van der Waals surface area contributed by atoms with Crippen molar-refractivity contribution in [2.75, 3.05) is 0 Å². The molecule has 0 saturated heterocycles. The molecule has 0 fully saturated rings. The molecule has 1 heterocycles. The number of hydrogen-bond acceptors (Lipinski definition) is 2. The second-order valence-electron chi connectivity index (χ2n) is 3.13. The molecule has 0 aliphatic rings. The van der Waals surface area contributed by atoms with Crippen LogP contribution in [-0.2, 0) is 0 Å². The number of hydrogen-bond donors (Lipinski definition) is 1. The Morgan fingerprint density at radius 1 is 1.50 bits per heavy atom. The lowest BCUT2D eigenvalue weighted by Crippen LogP contribution is -1.88. The van der Waals surface area contributed by atoms with Crippen LogP contribution in [0, 0.1) is 11.3 Å². The van der Waals surface area contributed by atoms with Crippen molar-refractivity contribution < 1.29 is 4.79 Å². The van der Waals surface area contributed by atoms with E-state index in [0.717, 1.165) is 10.9 Å². The van der Waals surface area contributed by atoms with E-state index in [-0.39, 0.29) is 5.78 Å². The zero-order valence-electron chi connectivity index (χ0n) is 7.66. The van der Waals surface area contributed by atoms with Crippen LogP contribution in [0.1, 0.15) is 22.8 Å². The summed E-state index contributed by atoms with van der Waals surface area (Å²) in [5.74, 6) is 0.0287. The van der Waals surface area contributed by atoms with E-state index in [9.17, 15) is 4.79 Å². The van der Waals surface area contributed by atoms with Crippen LogP contribution in [-0.4, -0.2) is 10.8 Å². The van der Waals surface area contributed by atoms with Crippen LogP contribution >= 0.6 is 0 Å². The van der Waals surface area contributed by atoms with Gasteiger partial charge in [-0.1, -0.05) is 6.07 Å². The summed E-state index contributed by atoms with van der Waals surface area (Å²) in [5, 5.41) is 9.55. The molecular weight excluding hydrogens is 176 g/mol. The summed E-state index contributed by atoms with van der Waals surface area (Å²) in [6.45, 7) is 1.53. The quantitative estimate of drug-likeness (QED) is 0.691. The molecule has 0 saturated carbocycles. The largest absolute Gasteiger partial charge is 0.360 e. The van der Waals surface area contributed by atoms with Crippen LogP contribution in [0.25, 0.3) is 10.9 Å². The molecule has 14 heavy (non-hydrogen) atoms. The zero-order chi connectivity index (χ0) is 10.1. The standard InChI is InChI=1S/C11H8N2O/c1-7(14)10-6-13-11-4-8(5-12)2-3-9(10)11/h2-4,6,13H,1H3. The number of carbonyl (C=O) groups is 1. The summed E-state index contributed by atoms with van der Waals surface area (Å²) in [7, 11) is 0. The van der Waals surface area contributed by atoms with Crippen molar-refractivity contribution in [2.45, 2.75) is 6.92 Å². The van der Waals surface area contributed by atoms with Gasteiger partial charge in [-0.05, 0) is 19.1 Å². The lowest BCUT2D eigenvalue weighted by molar-refractivity contribution is 0.101. The van der Waals surface area contributed by atoms with Crippen LogP contribution in [0.4, 0.5) is 0 Å². The van der Waals surface area contributed by atoms with Crippen LogP contribution in [0.3, 0.4) is 0 Å². The van der Waals surface area contributed by atoms with E-state index in [2.05, 4.69) is 11.1 Å². The number of aromatic nitrogens is 1. The Labute approximate surface area is 81.0 Å². The van der Waals surface area contributed by atoms with Gasteiger partial charge in [0.1, 0.15) is 0 Å². The maximum atomic E-state index is 11.2. The molecule has 0 aliphatic carbocycles. The predicted octanol–water partition coefficient (Wildman–Crippen LogP) is 2.24. The van der Waals surface area contributed by atoms with Crippen molar-refractivity contribution in [1.29, 1.82) is 5.26 Å². The van der Waals surface area contributed by atoms with Gasteiger partial charge in [-0.15, -0.1) is 0 Å². The number of H-pyrrole nitrogens is 1. The number of fused-ring (bicyclic) bond motifs is 1. The lowest BCUT2D eigenvalue weighted by atomic mass is 10.1. The number of aromatic amines is 1. The third-order valence-electron chi connectivity index (χ3n) is 2.19. The molecule has 0 amide bonds. The van der Waals surface area contributed by atoms with Gasteiger partial charge in [-0.25, -0.2) is 0 Å². The van der Waals surface area contributed by atoms with Gasteiger partial charge in [0.25, 0.3) is 0 Å². The Bertz CT molecular complexity index is 546. The summed E-state index contributed by atoms with van der Waals surface area (Å²) >= 11 is 0. The first-order valence-electron chi connectivity index (χ1n) is 4.24. The molecule has 2 rings (SSSR count). The molecule has 0 atom stereocenters. The van der Waals surface area contributed by atoms with Gasteiger partial charge in [0, 0.05) is 22.7 Å². The van der Waals surface area contributed by atoms with Crippen molar-refractivity contribution >= 4 is 16.7 Å². The monoisotopic (exact) mass is 184 g/mol. The molecule has 3 nitrogen and oxygen atoms in total. The smallest absolute Gasteiger partial charge is 0.161 e. The normalized spacial score (nSPS) is 10.0. The highest BCUT2D eigenvalue weighted by molar-refractivity contribution is 6.06. The van der Waals surface area contributed by atoms with Crippen molar-refractivity contribution in [3.63, 3.8) is 0 Å². The number of Topliss-reactive ketones (excluding diaryl/α,β-unsaturated/α-hetero) is 1. The van der Waals surface area contributed by atoms with Crippen molar-refractivity contribution in [1.82, 2.24) is 4.98 Å². The SMILES string of the molecule is CC(=O)c1c[nH]c2cc(C#N)ccc12. The third kappa shape index (κ3) is 1.17. The van der Waals surface area contributed by atoms with Crippen molar-refractivity contribution in [3.05, 3.63) is 35.5 Å². The highest BCUT2D eigenvalue weighted by atomic mass is 16.1. The summed E-state index contributed by atoms with van der Waals surface area (Å²) in [4.78, 5) is 14.2. The Kier molecular flexibility index (Phi) is 1.83. The molecule has 1 aromatic heterocycles. The van der Waals surface area contributed by atoms with Gasteiger partial charge >= 0.3 is 0 Å². The van der Waals surface area contributed by atoms with E-state index in [1.54, 1.807) is 24.4 Å². The van der Waals surface area contributed by atoms with Crippen LogP contribution in [0.2, 0.25) is 0 Å².